The van der Waals surface area contributed by atoms with Crippen LogP contribution in [0.1, 0.15) is 11.1 Å². The number of aromatic nitrogens is 4. The van der Waals surface area contributed by atoms with E-state index in [1.807, 2.05) is 24.3 Å². The van der Waals surface area contributed by atoms with Crippen LogP contribution in [0.4, 0.5) is 5.82 Å². The summed E-state index contributed by atoms with van der Waals surface area (Å²) in [4.78, 5) is 8.07. The van der Waals surface area contributed by atoms with Crippen LogP contribution in [0.3, 0.4) is 0 Å². The quantitative estimate of drug-likeness (QED) is 0.717. The standard InChI is InChI=1S/C13H12ClN5O/c14-11-5-12(19-13(18-11)16-8-17-19)15-6-9-2-1-3-10(4-9)7-20/h1-5,8,15,20H,6-7H2. The van der Waals surface area contributed by atoms with Crippen molar-refractivity contribution in [3.05, 3.63) is 52.9 Å². The van der Waals surface area contributed by atoms with Crippen molar-refractivity contribution < 1.29 is 5.11 Å². The van der Waals surface area contributed by atoms with Gasteiger partial charge in [0.25, 0.3) is 5.78 Å². The molecular formula is C13H12ClN5O. The Bertz CT molecular complexity index is 742. The molecule has 20 heavy (non-hydrogen) atoms. The molecule has 0 radical (unpaired) electrons. The number of hydrogen-bond acceptors (Lipinski definition) is 5. The Labute approximate surface area is 120 Å². The summed E-state index contributed by atoms with van der Waals surface area (Å²) in [5.41, 5.74) is 1.93. The van der Waals surface area contributed by atoms with E-state index < -0.39 is 0 Å². The fourth-order valence-corrected chi connectivity index (χ4v) is 2.12. The Kier molecular flexibility index (Phi) is 3.49. The molecule has 3 rings (SSSR count). The van der Waals surface area contributed by atoms with Crippen LogP contribution in [0.5, 0.6) is 0 Å². The molecule has 0 atom stereocenters. The Morgan fingerprint density at radius 2 is 2.10 bits per heavy atom. The third-order valence-corrected chi connectivity index (χ3v) is 3.06. The van der Waals surface area contributed by atoms with Crippen LogP contribution in [0.15, 0.2) is 36.7 Å². The van der Waals surface area contributed by atoms with Crippen molar-refractivity contribution >= 4 is 23.2 Å². The van der Waals surface area contributed by atoms with Crippen molar-refractivity contribution in [3.8, 4) is 0 Å². The molecular weight excluding hydrogens is 278 g/mol. The minimum atomic E-state index is 0.0300. The van der Waals surface area contributed by atoms with Gasteiger partial charge in [-0.2, -0.15) is 19.6 Å². The molecule has 102 valence electrons. The second-order valence-corrected chi connectivity index (χ2v) is 4.65. The van der Waals surface area contributed by atoms with E-state index in [2.05, 4.69) is 20.4 Å². The summed E-state index contributed by atoms with van der Waals surface area (Å²) in [6, 6.07) is 9.40. The summed E-state index contributed by atoms with van der Waals surface area (Å²) in [6.45, 7) is 0.616. The summed E-state index contributed by atoms with van der Waals surface area (Å²) in [5.74, 6) is 1.16. The Morgan fingerprint density at radius 1 is 1.25 bits per heavy atom. The second kappa shape index (κ2) is 5.44. The van der Waals surface area contributed by atoms with Gasteiger partial charge in [0.05, 0.1) is 6.61 Å². The van der Waals surface area contributed by atoms with Gasteiger partial charge in [0.1, 0.15) is 17.3 Å². The lowest BCUT2D eigenvalue weighted by molar-refractivity contribution is 0.281. The highest BCUT2D eigenvalue weighted by atomic mass is 35.5. The van der Waals surface area contributed by atoms with E-state index in [0.717, 1.165) is 11.1 Å². The average Bonchev–Trinajstić information content (AvgIpc) is 2.93. The van der Waals surface area contributed by atoms with Gasteiger partial charge in [-0.25, -0.2) is 0 Å². The molecule has 1 aromatic carbocycles. The van der Waals surface area contributed by atoms with Gasteiger partial charge in [-0.1, -0.05) is 35.9 Å². The van der Waals surface area contributed by atoms with E-state index in [9.17, 15) is 0 Å². The lowest BCUT2D eigenvalue weighted by atomic mass is 10.1. The molecule has 0 saturated heterocycles. The predicted molar refractivity (Wildman–Crippen MR) is 75.5 cm³/mol. The van der Waals surface area contributed by atoms with Gasteiger partial charge in [-0.05, 0) is 11.1 Å². The zero-order valence-corrected chi connectivity index (χ0v) is 11.2. The zero-order valence-electron chi connectivity index (χ0n) is 10.5. The molecule has 0 fully saturated rings. The molecule has 0 aliphatic rings. The normalized spacial score (nSPS) is 10.9. The third-order valence-electron chi connectivity index (χ3n) is 2.87. The van der Waals surface area contributed by atoms with Crippen LogP contribution in [-0.4, -0.2) is 24.7 Å². The van der Waals surface area contributed by atoms with E-state index >= 15 is 0 Å². The Morgan fingerprint density at radius 3 is 2.95 bits per heavy atom. The van der Waals surface area contributed by atoms with Crippen LogP contribution in [-0.2, 0) is 13.2 Å². The topological polar surface area (TPSA) is 75.3 Å². The van der Waals surface area contributed by atoms with E-state index in [4.69, 9.17) is 16.7 Å². The molecule has 7 heteroatoms. The largest absolute Gasteiger partial charge is 0.392 e. The first kappa shape index (κ1) is 12.8. The Balaban J connectivity index is 1.84. The summed E-state index contributed by atoms with van der Waals surface area (Å²) in [5, 5.41) is 16.8. The van der Waals surface area contributed by atoms with Gasteiger partial charge in [0, 0.05) is 12.6 Å². The fourth-order valence-electron chi connectivity index (χ4n) is 1.94. The lowest BCUT2D eigenvalue weighted by Crippen LogP contribution is -2.06. The maximum atomic E-state index is 9.13. The molecule has 0 unspecified atom stereocenters. The zero-order chi connectivity index (χ0) is 13.9. The Hall–Kier alpha value is -2.18. The SMILES string of the molecule is OCc1cccc(CNc2cc(Cl)nc3ncnn23)c1. The van der Waals surface area contributed by atoms with Crippen molar-refractivity contribution in [2.24, 2.45) is 0 Å². The van der Waals surface area contributed by atoms with Crippen LogP contribution in [0.25, 0.3) is 5.78 Å². The maximum absolute atomic E-state index is 9.13. The number of anilines is 1. The molecule has 0 amide bonds. The number of nitrogens with one attached hydrogen (secondary N) is 1. The number of nitrogens with zero attached hydrogens (tertiary/aromatic N) is 4. The molecule has 2 N–H and O–H groups in total. The minimum Gasteiger partial charge on any atom is -0.392 e. The first-order valence-electron chi connectivity index (χ1n) is 6.05. The predicted octanol–water partition coefficient (Wildman–Crippen LogP) is 1.88. The molecule has 0 bridgehead atoms. The van der Waals surface area contributed by atoms with Gasteiger partial charge in [0.2, 0.25) is 0 Å². The first-order valence-corrected chi connectivity index (χ1v) is 6.43. The smallest absolute Gasteiger partial charge is 0.255 e. The minimum absolute atomic E-state index is 0.0300. The summed E-state index contributed by atoms with van der Waals surface area (Å²) in [6.07, 6.45) is 1.43. The van der Waals surface area contributed by atoms with Crippen LogP contribution in [0.2, 0.25) is 5.15 Å². The lowest BCUT2D eigenvalue weighted by Gasteiger charge is -2.09. The van der Waals surface area contributed by atoms with E-state index in [1.165, 1.54) is 6.33 Å². The van der Waals surface area contributed by atoms with Crippen LogP contribution < -0.4 is 5.32 Å². The summed E-state index contributed by atoms with van der Waals surface area (Å²) in [7, 11) is 0. The van der Waals surface area contributed by atoms with Gasteiger partial charge >= 0.3 is 0 Å². The third kappa shape index (κ3) is 2.56. The number of benzene rings is 1. The number of aliphatic hydroxyl groups excluding tert-OH is 1. The van der Waals surface area contributed by atoms with Crippen molar-refractivity contribution in [1.82, 2.24) is 19.6 Å². The van der Waals surface area contributed by atoms with Crippen molar-refractivity contribution in [2.45, 2.75) is 13.2 Å². The molecule has 0 saturated carbocycles. The van der Waals surface area contributed by atoms with E-state index in [1.54, 1.807) is 10.6 Å². The monoisotopic (exact) mass is 289 g/mol. The molecule has 2 aromatic heterocycles. The van der Waals surface area contributed by atoms with Gasteiger partial charge < -0.3 is 10.4 Å². The van der Waals surface area contributed by atoms with Crippen molar-refractivity contribution in [2.75, 3.05) is 5.32 Å². The van der Waals surface area contributed by atoms with E-state index in [-0.39, 0.29) is 6.61 Å². The molecule has 6 nitrogen and oxygen atoms in total. The van der Waals surface area contributed by atoms with Gasteiger partial charge in [0.15, 0.2) is 0 Å². The molecule has 3 aromatic rings. The van der Waals surface area contributed by atoms with Crippen molar-refractivity contribution in [3.63, 3.8) is 0 Å². The average molecular weight is 290 g/mol. The number of aliphatic hydroxyl groups is 1. The number of fused-ring (bicyclic) bond motifs is 1. The second-order valence-electron chi connectivity index (χ2n) is 4.27. The van der Waals surface area contributed by atoms with Crippen LogP contribution >= 0.6 is 11.6 Å². The summed E-state index contributed by atoms with van der Waals surface area (Å²) >= 11 is 5.94. The maximum Gasteiger partial charge on any atom is 0.255 e. The number of rotatable bonds is 4. The fraction of sp³-hybridized carbons (Fsp3) is 0.154. The highest BCUT2D eigenvalue weighted by Gasteiger charge is 2.06. The van der Waals surface area contributed by atoms with E-state index in [0.29, 0.717) is 23.3 Å². The number of halogens is 1. The number of hydrogen-bond donors (Lipinski definition) is 2. The summed E-state index contributed by atoms with van der Waals surface area (Å²) < 4.78 is 1.59. The molecule has 2 heterocycles. The van der Waals surface area contributed by atoms with Gasteiger partial charge in [-0.15, -0.1) is 0 Å². The molecule has 0 aliphatic carbocycles. The highest BCUT2D eigenvalue weighted by Crippen LogP contribution is 2.15. The first-order chi connectivity index (χ1) is 9.76. The highest BCUT2D eigenvalue weighted by molar-refractivity contribution is 6.29. The molecule has 0 spiro atoms. The van der Waals surface area contributed by atoms with Gasteiger partial charge in [-0.3, -0.25) is 0 Å². The molecule has 0 aliphatic heterocycles. The van der Waals surface area contributed by atoms with Crippen LogP contribution in [0, 0.1) is 0 Å². The van der Waals surface area contributed by atoms with Crippen molar-refractivity contribution in [1.29, 1.82) is 0 Å².